The lowest BCUT2D eigenvalue weighted by Crippen LogP contribution is -2.30. The number of methoxy groups -OCH3 is 1. The predicted octanol–water partition coefficient (Wildman–Crippen LogP) is 6.28. The number of rotatable bonds is 6. The molecular weight excluding hydrogens is 382 g/mol. The summed E-state index contributed by atoms with van der Waals surface area (Å²) < 4.78 is 11.7. The molecule has 1 aliphatic carbocycles. The normalized spacial score (nSPS) is 15.9. The van der Waals surface area contributed by atoms with Gasteiger partial charge in [0.1, 0.15) is 17.7 Å². The fourth-order valence-electron chi connectivity index (χ4n) is 4.26. The molecule has 0 saturated carbocycles. The van der Waals surface area contributed by atoms with Crippen LogP contribution in [-0.4, -0.2) is 32.3 Å². The molecule has 3 heteroatoms. The molecule has 160 valence electrons. The van der Waals surface area contributed by atoms with Gasteiger partial charge in [-0.05, 0) is 86.3 Å². The molecule has 0 saturated heterocycles. The van der Waals surface area contributed by atoms with Crippen molar-refractivity contribution in [3.63, 3.8) is 0 Å². The van der Waals surface area contributed by atoms with Crippen LogP contribution in [0.25, 0.3) is 11.1 Å². The van der Waals surface area contributed by atoms with Crippen LogP contribution in [0.15, 0.2) is 72.8 Å². The van der Waals surface area contributed by atoms with Crippen molar-refractivity contribution in [3.05, 3.63) is 95.1 Å². The van der Waals surface area contributed by atoms with Gasteiger partial charge < -0.3 is 9.47 Å². The Hall–Kier alpha value is -3.04. The molecule has 0 heterocycles. The van der Waals surface area contributed by atoms with Crippen molar-refractivity contribution < 1.29 is 9.47 Å². The van der Waals surface area contributed by atoms with Crippen LogP contribution < -0.4 is 9.47 Å². The Morgan fingerprint density at radius 2 is 1.55 bits per heavy atom. The molecule has 0 fully saturated rings. The van der Waals surface area contributed by atoms with Crippen LogP contribution in [0.4, 0.5) is 0 Å². The summed E-state index contributed by atoms with van der Waals surface area (Å²) in [6.07, 6.45) is 3.26. The largest absolute Gasteiger partial charge is 0.496 e. The van der Waals surface area contributed by atoms with Gasteiger partial charge in [0, 0.05) is 5.56 Å². The van der Waals surface area contributed by atoms with Crippen LogP contribution in [0.1, 0.15) is 42.0 Å². The number of benzene rings is 3. The van der Waals surface area contributed by atoms with E-state index in [1.807, 2.05) is 14.1 Å². The van der Waals surface area contributed by atoms with Crippen molar-refractivity contribution in [2.75, 3.05) is 21.2 Å². The van der Waals surface area contributed by atoms with Gasteiger partial charge in [-0.2, -0.15) is 0 Å². The first-order chi connectivity index (χ1) is 15.1. The van der Waals surface area contributed by atoms with Crippen molar-refractivity contribution in [1.82, 2.24) is 4.90 Å². The summed E-state index contributed by atoms with van der Waals surface area (Å²) in [5.41, 5.74) is 7.76. The Balaban J connectivity index is 1.83. The minimum atomic E-state index is 0.0236. The quantitative estimate of drug-likeness (QED) is 0.444. The van der Waals surface area contributed by atoms with E-state index < -0.39 is 0 Å². The number of nitrogens with zero attached hydrogens (tertiary/aromatic N) is 1. The topological polar surface area (TPSA) is 21.7 Å². The molecule has 0 aliphatic heterocycles. The van der Waals surface area contributed by atoms with Gasteiger partial charge in [0.2, 0.25) is 0 Å². The van der Waals surface area contributed by atoms with Crippen LogP contribution in [0, 0.1) is 0 Å². The number of allylic oxidation sites excluding steroid dienone is 1. The summed E-state index contributed by atoms with van der Waals surface area (Å²) in [6.45, 7) is 2.05. The van der Waals surface area contributed by atoms with E-state index >= 15 is 0 Å². The highest BCUT2D eigenvalue weighted by atomic mass is 16.5. The maximum Gasteiger partial charge on any atom is 0.149 e. The lowest BCUT2D eigenvalue weighted by atomic mass is 9.80. The summed E-state index contributed by atoms with van der Waals surface area (Å²) >= 11 is 0. The van der Waals surface area contributed by atoms with Gasteiger partial charge in [-0.15, -0.1) is 0 Å². The second-order valence-electron chi connectivity index (χ2n) is 8.26. The molecule has 0 radical (unpaired) electrons. The zero-order chi connectivity index (χ0) is 21.8. The highest BCUT2D eigenvalue weighted by Crippen LogP contribution is 2.42. The Morgan fingerprint density at radius 3 is 2.23 bits per heavy atom. The maximum absolute atomic E-state index is 6.04. The second kappa shape index (κ2) is 9.40. The van der Waals surface area contributed by atoms with Crippen LogP contribution in [0.5, 0.6) is 11.5 Å². The summed E-state index contributed by atoms with van der Waals surface area (Å²) in [4.78, 5) is 2.05. The van der Waals surface area contributed by atoms with Gasteiger partial charge in [-0.1, -0.05) is 54.6 Å². The van der Waals surface area contributed by atoms with Crippen LogP contribution >= 0.6 is 0 Å². The summed E-state index contributed by atoms with van der Waals surface area (Å²) in [6, 6.07) is 25.6. The zero-order valence-corrected chi connectivity index (χ0v) is 18.9. The fraction of sp³-hybridized carbons (Fsp3) is 0.286. The third kappa shape index (κ3) is 4.52. The molecule has 0 spiro atoms. The smallest absolute Gasteiger partial charge is 0.149 e. The van der Waals surface area contributed by atoms with Crippen molar-refractivity contribution in [3.8, 4) is 11.5 Å². The highest BCUT2D eigenvalue weighted by molar-refractivity contribution is 5.99. The van der Waals surface area contributed by atoms with Crippen molar-refractivity contribution in [2.24, 2.45) is 0 Å². The van der Waals surface area contributed by atoms with Gasteiger partial charge in [-0.25, -0.2) is 0 Å². The molecule has 1 aliphatic rings. The van der Waals surface area contributed by atoms with E-state index in [2.05, 4.69) is 84.6 Å². The molecule has 31 heavy (non-hydrogen) atoms. The molecule has 0 bridgehead atoms. The first kappa shape index (κ1) is 21.2. The second-order valence-corrected chi connectivity index (χ2v) is 8.26. The Morgan fingerprint density at radius 1 is 0.839 bits per heavy atom. The summed E-state index contributed by atoms with van der Waals surface area (Å²) in [7, 11) is 5.80. The van der Waals surface area contributed by atoms with E-state index in [1.54, 1.807) is 7.11 Å². The Bertz CT molecular complexity index is 1050. The SMILES string of the molecule is COc1cccc2c1CCCC2=C(c1ccccc1)c1ccc(OC(C)N(C)C)cc1. The van der Waals surface area contributed by atoms with E-state index in [0.717, 1.165) is 30.8 Å². The molecule has 0 aromatic heterocycles. The molecule has 3 nitrogen and oxygen atoms in total. The zero-order valence-electron chi connectivity index (χ0n) is 18.9. The van der Waals surface area contributed by atoms with E-state index in [4.69, 9.17) is 9.47 Å². The maximum atomic E-state index is 6.04. The molecule has 1 atom stereocenters. The summed E-state index contributed by atoms with van der Waals surface area (Å²) in [5.74, 6) is 1.87. The highest BCUT2D eigenvalue weighted by Gasteiger charge is 2.22. The predicted molar refractivity (Wildman–Crippen MR) is 129 cm³/mol. The molecular formula is C28H31NO2. The standard InChI is InChI=1S/C28H31NO2/c1-20(29(2)3)31-23-18-16-22(17-19-23)28(21-10-6-5-7-11-21)26-14-8-13-25-24(26)12-9-15-27(25)30-4/h5-7,9-12,15-20H,8,13-14H2,1-4H3. The monoisotopic (exact) mass is 413 g/mol. The molecule has 0 N–H and O–H groups in total. The molecule has 4 rings (SSSR count). The average molecular weight is 414 g/mol. The average Bonchev–Trinajstić information content (AvgIpc) is 2.80. The number of ether oxygens (including phenoxy) is 2. The Labute approximate surface area is 185 Å². The number of hydrogen-bond acceptors (Lipinski definition) is 3. The molecule has 3 aromatic rings. The first-order valence-electron chi connectivity index (χ1n) is 11.0. The van der Waals surface area contributed by atoms with E-state index in [9.17, 15) is 0 Å². The number of fused-ring (bicyclic) bond motifs is 1. The van der Waals surface area contributed by atoms with E-state index in [-0.39, 0.29) is 6.23 Å². The van der Waals surface area contributed by atoms with Crippen molar-refractivity contribution >= 4 is 11.1 Å². The Kier molecular flexibility index (Phi) is 6.43. The van der Waals surface area contributed by atoms with Gasteiger partial charge in [-0.3, -0.25) is 4.90 Å². The van der Waals surface area contributed by atoms with Crippen molar-refractivity contribution in [2.45, 2.75) is 32.4 Å². The minimum Gasteiger partial charge on any atom is -0.496 e. The third-order valence-corrected chi connectivity index (χ3v) is 6.07. The first-order valence-corrected chi connectivity index (χ1v) is 11.0. The van der Waals surface area contributed by atoms with Gasteiger partial charge in [0.15, 0.2) is 0 Å². The fourth-order valence-corrected chi connectivity index (χ4v) is 4.26. The van der Waals surface area contributed by atoms with Crippen LogP contribution in [0.2, 0.25) is 0 Å². The number of hydrogen-bond donors (Lipinski definition) is 0. The minimum absolute atomic E-state index is 0.0236. The van der Waals surface area contributed by atoms with Crippen molar-refractivity contribution in [1.29, 1.82) is 0 Å². The molecule has 0 amide bonds. The third-order valence-electron chi connectivity index (χ3n) is 6.07. The van der Waals surface area contributed by atoms with Gasteiger partial charge in [0.05, 0.1) is 7.11 Å². The summed E-state index contributed by atoms with van der Waals surface area (Å²) in [5, 5.41) is 0. The molecule has 3 aromatic carbocycles. The lowest BCUT2D eigenvalue weighted by Gasteiger charge is -2.25. The van der Waals surface area contributed by atoms with E-state index in [0.29, 0.717) is 0 Å². The van der Waals surface area contributed by atoms with Gasteiger partial charge in [0.25, 0.3) is 0 Å². The lowest BCUT2D eigenvalue weighted by molar-refractivity contribution is 0.0815. The van der Waals surface area contributed by atoms with Gasteiger partial charge >= 0.3 is 0 Å². The van der Waals surface area contributed by atoms with Crippen LogP contribution in [-0.2, 0) is 6.42 Å². The van der Waals surface area contributed by atoms with Crippen LogP contribution in [0.3, 0.4) is 0 Å². The molecule has 1 unspecified atom stereocenters. The van der Waals surface area contributed by atoms with E-state index in [1.165, 1.54) is 33.4 Å².